The summed E-state index contributed by atoms with van der Waals surface area (Å²) in [5.74, 6) is -0.595. The summed E-state index contributed by atoms with van der Waals surface area (Å²) < 4.78 is 31.6. The minimum absolute atomic E-state index is 0.143. The second-order valence-corrected chi connectivity index (χ2v) is 10.4. The van der Waals surface area contributed by atoms with Crippen LogP contribution in [0.15, 0.2) is 42.5 Å². The third-order valence-electron chi connectivity index (χ3n) is 5.28. The van der Waals surface area contributed by atoms with Crippen molar-refractivity contribution in [1.29, 1.82) is 0 Å². The Morgan fingerprint density at radius 3 is 2.35 bits per heavy atom. The molecular formula is C24H32ClN3O5S. The molecule has 2 aromatic rings. The lowest BCUT2D eigenvalue weighted by Crippen LogP contribution is -2.51. The van der Waals surface area contributed by atoms with E-state index in [0.29, 0.717) is 11.6 Å². The van der Waals surface area contributed by atoms with Crippen molar-refractivity contribution in [2.75, 3.05) is 30.8 Å². The number of hydrogen-bond donors (Lipinski definition) is 1. The molecule has 2 rings (SSSR count). The van der Waals surface area contributed by atoms with Gasteiger partial charge in [-0.05, 0) is 44.0 Å². The van der Waals surface area contributed by atoms with Crippen molar-refractivity contribution >= 4 is 39.1 Å². The first-order valence-electron chi connectivity index (χ1n) is 10.9. The number of carbonyl (C=O) groups excluding carboxylic acids is 2. The Hall–Kier alpha value is -2.78. The van der Waals surface area contributed by atoms with Gasteiger partial charge in [0.15, 0.2) is 0 Å². The third-order valence-corrected chi connectivity index (χ3v) is 6.64. The maximum Gasteiger partial charge on any atom is 0.244 e. The fraction of sp³-hybridized carbons (Fsp3) is 0.417. The minimum Gasteiger partial charge on any atom is -0.495 e. The monoisotopic (exact) mass is 509 g/mol. The molecule has 0 heterocycles. The molecule has 2 amide bonds. The summed E-state index contributed by atoms with van der Waals surface area (Å²) >= 11 is 6.10. The van der Waals surface area contributed by atoms with Crippen LogP contribution < -0.4 is 14.4 Å². The molecule has 0 saturated heterocycles. The van der Waals surface area contributed by atoms with Crippen molar-refractivity contribution in [2.24, 2.45) is 0 Å². The summed E-state index contributed by atoms with van der Waals surface area (Å²) in [5, 5.41) is 3.09. The van der Waals surface area contributed by atoms with E-state index in [9.17, 15) is 18.0 Å². The molecule has 2 aromatic carbocycles. The zero-order valence-electron chi connectivity index (χ0n) is 20.2. The van der Waals surface area contributed by atoms with Crippen molar-refractivity contribution in [1.82, 2.24) is 10.2 Å². The van der Waals surface area contributed by atoms with E-state index >= 15 is 0 Å². The highest BCUT2D eigenvalue weighted by Crippen LogP contribution is 2.33. The molecule has 1 atom stereocenters. The number of rotatable bonds is 11. The molecule has 186 valence electrons. The first kappa shape index (κ1) is 27.5. The zero-order chi connectivity index (χ0) is 25.5. The average molecular weight is 510 g/mol. The third kappa shape index (κ3) is 7.36. The molecular weight excluding hydrogens is 478 g/mol. The average Bonchev–Trinajstić information content (AvgIpc) is 2.79. The highest BCUT2D eigenvalue weighted by atomic mass is 35.5. The largest absolute Gasteiger partial charge is 0.495 e. The van der Waals surface area contributed by atoms with Crippen molar-refractivity contribution in [3.05, 3.63) is 58.6 Å². The number of amides is 2. The number of nitrogens with one attached hydrogen (secondary N) is 1. The summed E-state index contributed by atoms with van der Waals surface area (Å²) in [6, 6.07) is 11.3. The maximum absolute atomic E-state index is 13.5. The van der Waals surface area contributed by atoms with Crippen molar-refractivity contribution < 1.29 is 22.7 Å². The smallest absolute Gasteiger partial charge is 0.244 e. The van der Waals surface area contributed by atoms with E-state index in [2.05, 4.69) is 5.32 Å². The second-order valence-electron chi connectivity index (χ2n) is 8.06. The van der Waals surface area contributed by atoms with Gasteiger partial charge in [-0.2, -0.15) is 0 Å². The van der Waals surface area contributed by atoms with Crippen LogP contribution in [0.2, 0.25) is 5.02 Å². The highest BCUT2D eigenvalue weighted by Gasteiger charge is 2.31. The van der Waals surface area contributed by atoms with Crippen LogP contribution in [0, 0.1) is 6.92 Å². The van der Waals surface area contributed by atoms with Crippen LogP contribution >= 0.6 is 11.6 Å². The Morgan fingerprint density at radius 2 is 1.79 bits per heavy atom. The van der Waals surface area contributed by atoms with E-state index in [1.807, 2.05) is 38.1 Å². The van der Waals surface area contributed by atoms with Gasteiger partial charge in [0, 0.05) is 18.1 Å². The molecule has 0 radical (unpaired) electrons. The summed E-state index contributed by atoms with van der Waals surface area (Å²) in [6.45, 7) is 5.61. The van der Waals surface area contributed by atoms with E-state index in [0.717, 1.165) is 28.1 Å². The SMILES string of the molecule is CCCNC(=O)[C@H](C)N(Cc1ccc(C)cc1)C(=O)CN(c1cc(Cl)ccc1OC)S(C)(=O)=O. The molecule has 1 N–H and O–H groups in total. The fourth-order valence-corrected chi connectivity index (χ4v) is 4.33. The van der Waals surface area contributed by atoms with Gasteiger partial charge >= 0.3 is 0 Å². The molecule has 0 bridgehead atoms. The van der Waals surface area contributed by atoms with Gasteiger partial charge in [-0.3, -0.25) is 13.9 Å². The van der Waals surface area contributed by atoms with E-state index in [4.69, 9.17) is 16.3 Å². The van der Waals surface area contributed by atoms with Crippen LogP contribution in [0.5, 0.6) is 5.75 Å². The summed E-state index contributed by atoms with van der Waals surface area (Å²) in [7, 11) is -2.49. The molecule has 34 heavy (non-hydrogen) atoms. The maximum atomic E-state index is 13.5. The van der Waals surface area contributed by atoms with Crippen molar-refractivity contribution in [3.63, 3.8) is 0 Å². The molecule has 0 aromatic heterocycles. The number of carbonyl (C=O) groups is 2. The van der Waals surface area contributed by atoms with Gasteiger partial charge in [0.05, 0.1) is 19.1 Å². The molecule has 8 nitrogen and oxygen atoms in total. The van der Waals surface area contributed by atoms with Gasteiger partial charge in [-0.25, -0.2) is 8.42 Å². The number of ether oxygens (including phenoxy) is 1. The van der Waals surface area contributed by atoms with E-state index in [1.165, 1.54) is 24.1 Å². The Kier molecular flexibility index (Phi) is 9.76. The Balaban J connectivity index is 2.43. The normalized spacial score (nSPS) is 12.1. The molecule has 0 aliphatic carbocycles. The number of nitrogens with zero attached hydrogens (tertiary/aromatic N) is 2. The predicted octanol–water partition coefficient (Wildman–Crippen LogP) is 3.37. The van der Waals surface area contributed by atoms with Crippen LogP contribution in [-0.2, 0) is 26.2 Å². The van der Waals surface area contributed by atoms with E-state index in [1.54, 1.807) is 13.0 Å². The fourth-order valence-electron chi connectivity index (χ4n) is 3.32. The van der Waals surface area contributed by atoms with Gasteiger partial charge in [0.1, 0.15) is 18.3 Å². The number of halogens is 1. The number of anilines is 1. The van der Waals surface area contributed by atoms with Crippen molar-refractivity contribution in [2.45, 2.75) is 39.8 Å². The molecule has 0 spiro atoms. The number of hydrogen-bond acceptors (Lipinski definition) is 5. The molecule has 0 unspecified atom stereocenters. The number of aryl methyl sites for hydroxylation is 1. The molecule has 10 heteroatoms. The van der Waals surface area contributed by atoms with Crippen molar-refractivity contribution in [3.8, 4) is 5.75 Å². The lowest BCUT2D eigenvalue weighted by Gasteiger charge is -2.32. The Morgan fingerprint density at radius 1 is 1.15 bits per heavy atom. The van der Waals surface area contributed by atoms with Gasteiger partial charge in [-0.1, -0.05) is 48.4 Å². The van der Waals surface area contributed by atoms with Gasteiger partial charge in [-0.15, -0.1) is 0 Å². The van der Waals surface area contributed by atoms with E-state index in [-0.39, 0.29) is 23.9 Å². The highest BCUT2D eigenvalue weighted by molar-refractivity contribution is 7.92. The van der Waals surface area contributed by atoms with Gasteiger partial charge in [0.2, 0.25) is 21.8 Å². The van der Waals surface area contributed by atoms with Crippen LogP contribution in [0.25, 0.3) is 0 Å². The number of benzene rings is 2. The minimum atomic E-state index is -3.89. The second kappa shape index (κ2) is 12.1. The molecule has 0 saturated carbocycles. The first-order chi connectivity index (χ1) is 16.0. The lowest BCUT2D eigenvalue weighted by atomic mass is 10.1. The van der Waals surface area contributed by atoms with Crippen LogP contribution in [0.1, 0.15) is 31.4 Å². The molecule has 0 aliphatic heterocycles. The van der Waals surface area contributed by atoms with Crippen LogP contribution in [-0.4, -0.2) is 57.6 Å². The summed E-state index contributed by atoms with van der Waals surface area (Å²) in [5.41, 5.74) is 2.02. The van der Waals surface area contributed by atoms with Gasteiger partial charge < -0.3 is 15.0 Å². The van der Waals surface area contributed by atoms with Gasteiger partial charge in [0.25, 0.3) is 0 Å². The lowest BCUT2D eigenvalue weighted by molar-refractivity contribution is -0.139. The quantitative estimate of drug-likeness (QED) is 0.501. The summed E-state index contributed by atoms with van der Waals surface area (Å²) in [6.07, 6.45) is 1.75. The zero-order valence-corrected chi connectivity index (χ0v) is 21.7. The summed E-state index contributed by atoms with van der Waals surface area (Å²) in [4.78, 5) is 27.6. The topological polar surface area (TPSA) is 96.0 Å². The standard InChI is InChI=1S/C24H32ClN3O5S/c1-6-13-26-24(30)18(3)27(15-19-9-7-17(2)8-10-19)23(29)16-28(34(5,31)32)21-14-20(25)11-12-22(21)33-4/h7-12,14,18H,6,13,15-16H2,1-5H3,(H,26,30)/t18-/m0/s1. The molecule has 0 fully saturated rings. The van der Waals surface area contributed by atoms with Crippen LogP contribution in [0.3, 0.4) is 0 Å². The Bertz CT molecular complexity index is 1110. The van der Waals surface area contributed by atoms with E-state index < -0.39 is 28.5 Å². The van der Waals surface area contributed by atoms with Crippen LogP contribution in [0.4, 0.5) is 5.69 Å². The number of methoxy groups -OCH3 is 1. The Labute approximate surface area is 206 Å². The number of sulfonamides is 1. The predicted molar refractivity (Wildman–Crippen MR) is 135 cm³/mol. The molecule has 0 aliphatic rings. The first-order valence-corrected chi connectivity index (χ1v) is 13.1.